The van der Waals surface area contributed by atoms with E-state index in [0.29, 0.717) is 17.3 Å². The highest BCUT2D eigenvalue weighted by atomic mass is 16.5. The first-order chi connectivity index (χ1) is 12.8. The van der Waals surface area contributed by atoms with Crippen molar-refractivity contribution in [3.8, 4) is 17.3 Å². The minimum atomic E-state index is -0.263. The van der Waals surface area contributed by atoms with Crippen molar-refractivity contribution in [3.05, 3.63) is 29.6 Å². The third-order valence-corrected chi connectivity index (χ3v) is 4.36. The number of hydrogen-bond donors (Lipinski definition) is 1. The minimum Gasteiger partial charge on any atom is -0.497 e. The highest BCUT2D eigenvalue weighted by Gasteiger charge is 2.24. The third-order valence-electron chi connectivity index (χ3n) is 4.36. The SMILES string of the molecule is COc1ccnc(-c2nc3c(c(N(C)CC(=O)NC(C)(C)C)n2)CCC3)c1. The van der Waals surface area contributed by atoms with Crippen LogP contribution in [0.5, 0.6) is 5.75 Å². The first kappa shape index (κ1) is 19.1. The molecule has 0 aliphatic heterocycles. The van der Waals surface area contributed by atoms with Crippen LogP contribution in [0.1, 0.15) is 38.4 Å². The molecule has 0 bridgehead atoms. The van der Waals surface area contributed by atoms with E-state index in [1.165, 1.54) is 0 Å². The van der Waals surface area contributed by atoms with Gasteiger partial charge in [-0.1, -0.05) is 0 Å². The Morgan fingerprint density at radius 3 is 2.78 bits per heavy atom. The van der Waals surface area contributed by atoms with Crippen LogP contribution in [-0.2, 0) is 17.6 Å². The molecule has 144 valence electrons. The number of methoxy groups -OCH3 is 1. The maximum Gasteiger partial charge on any atom is 0.239 e. The lowest BCUT2D eigenvalue weighted by atomic mass is 10.1. The lowest BCUT2D eigenvalue weighted by Crippen LogP contribution is -2.45. The number of likely N-dealkylation sites (N-methyl/N-ethyl adjacent to an activating group) is 1. The molecule has 0 atom stereocenters. The van der Waals surface area contributed by atoms with E-state index in [2.05, 4.69) is 10.3 Å². The van der Waals surface area contributed by atoms with Crippen molar-refractivity contribution >= 4 is 11.7 Å². The molecule has 1 amide bonds. The Bertz CT molecular complexity index is 845. The monoisotopic (exact) mass is 369 g/mol. The molecule has 7 nitrogen and oxygen atoms in total. The van der Waals surface area contributed by atoms with Crippen LogP contribution in [0.25, 0.3) is 11.5 Å². The molecule has 0 fully saturated rings. The molecule has 0 spiro atoms. The Morgan fingerprint density at radius 1 is 1.30 bits per heavy atom. The van der Waals surface area contributed by atoms with Gasteiger partial charge in [0.1, 0.15) is 17.3 Å². The molecule has 3 rings (SSSR count). The predicted octanol–water partition coefficient (Wildman–Crippen LogP) is 2.39. The number of amides is 1. The van der Waals surface area contributed by atoms with E-state index in [1.807, 2.05) is 38.8 Å². The van der Waals surface area contributed by atoms with E-state index in [4.69, 9.17) is 14.7 Å². The quantitative estimate of drug-likeness (QED) is 0.872. The van der Waals surface area contributed by atoms with Crippen molar-refractivity contribution in [3.63, 3.8) is 0 Å². The summed E-state index contributed by atoms with van der Waals surface area (Å²) in [6.45, 7) is 6.16. The van der Waals surface area contributed by atoms with Gasteiger partial charge in [0.25, 0.3) is 0 Å². The Labute approximate surface area is 160 Å². The summed E-state index contributed by atoms with van der Waals surface area (Å²) in [6, 6.07) is 3.62. The van der Waals surface area contributed by atoms with Gasteiger partial charge >= 0.3 is 0 Å². The number of fused-ring (bicyclic) bond motifs is 1. The summed E-state index contributed by atoms with van der Waals surface area (Å²) < 4.78 is 5.29. The van der Waals surface area contributed by atoms with E-state index in [9.17, 15) is 4.79 Å². The van der Waals surface area contributed by atoms with Crippen molar-refractivity contribution in [2.45, 2.75) is 45.6 Å². The standard InChI is InChI=1S/C20H27N5O2/c1-20(2,3)24-17(26)12-25(4)19-14-7-6-8-15(14)22-18(23-19)16-11-13(27-5)9-10-21-16/h9-11H,6-8,12H2,1-5H3,(H,24,26). The molecule has 1 aliphatic rings. The topological polar surface area (TPSA) is 80.2 Å². The largest absolute Gasteiger partial charge is 0.497 e. The molecule has 2 aromatic rings. The summed E-state index contributed by atoms with van der Waals surface area (Å²) >= 11 is 0. The molecule has 2 heterocycles. The highest BCUT2D eigenvalue weighted by Crippen LogP contribution is 2.31. The normalized spacial score (nSPS) is 13.2. The van der Waals surface area contributed by atoms with Gasteiger partial charge in [-0.05, 0) is 46.1 Å². The first-order valence-electron chi connectivity index (χ1n) is 9.19. The first-order valence-corrected chi connectivity index (χ1v) is 9.19. The molecule has 0 radical (unpaired) electrons. The molecule has 1 aliphatic carbocycles. The number of hydrogen-bond acceptors (Lipinski definition) is 6. The van der Waals surface area contributed by atoms with Crippen LogP contribution >= 0.6 is 0 Å². The molecule has 0 unspecified atom stereocenters. The molecule has 7 heteroatoms. The van der Waals surface area contributed by atoms with Gasteiger partial charge in [0.2, 0.25) is 5.91 Å². The van der Waals surface area contributed by atoms with Crippen LogP contribution in [0, 0.1) is 0 Å². The number of aromatic nitrogens is 3. The van der Waals surface area contributed by atoms with Crippen molar-refractivity contribution in [1.29, 1.82) is 0 Å². The number of rotatable bonds is 5. The Balaban J connectivity index is 1.93. The van der Waals surface area contributed by atoms with E-state index in [0.717, 1.165) is 36.3 Å². The van der Waals surface area contributed by atoms with Crippen LogP contribution in [0.15, 0.2) is 18.3 Å². The van der Waals surface area contributed by atoms with Gasteiger partial charge in [0, 0.05) is 36.1 Å². The van der Waals surface area contributed by atoms with Crippen LogP contribution in [0.2, 0.25) is 0 Å². The maximum atomic E-state index is 12.4. The fourth-order valence-corrected chi connectivity index (χ4v) is 3.25. The van der Waals surface area contributed by atoms with E-state index in [1.54, 1.807) is 19.4 Å². The zero-order chi connectivity index (χ0) is 19.6. The zero-order valence-electron chi connectivity index (χ0n) is 16.7. The van der Waals surface area contributed by atoms with Crippen molar-refractivity contribution in [1.82, 2.24) is 20.3 Å². The minimum absolute atomic E-state index is 0.0311. The Morgan fingerprint density at radius 2 is 2.07 bits per heavy atom. The number of carbonyl (C=O) groups is 1. The number of aryl methyl sites for hydroxylation is 1. The second-order valence-electron chi connectivity index (χ2n) is 7.88. The van der Waals surface area contributed by atoms with E-state index < -0.39 is 0 Å². The molecule has 0 aromatic carbocycles. The average Bonchev–Trinajstić information content (AvgIpc) is 3.07. The lowest BCUT2D eigenvalue weighted by Gasteiger charge is -2.25. The summed E-state index contributed by atoms with van der Waals surface area (Å²) in [5.74, 6) is 2.05. The summed E-state index contributed by atoms with van der Waals surface area (Å²) in [4.78, 5) is 28.1. The van der Waals surface area contributed by atoms with Gasteiger partial charge in [-0.25, -0.2) is 9.97 Å². The van der Waals surface area contributed by atoms with Crippen molar-refractivity contribution < 1.29 is 9.53 Å². The highest BCUT2D eigenvalue weighted by molar-refractivity contribution is 5.82. The molecular formula is C20H27N5O2. The Hall–Kier alpha value is -2.70. The average molecular weight is 369 g/mol. The van der Waals surface area contributed by atoms with Gasteiger partial charge in [-0.15, -0.1) is 0 Å². The fourth-order valence-electron chi connectivity index (χ4n) is 3.25. The summed E-state index contributed by atoms with van der Waals surface area (Å²) in [5.41, 5.74) is 2.58. The summed E-state index contributed by atoms with van der Waals surface area (Å²) in [5, 5.41) is 3.00. The number of carbonyl (C=O) groups excluding carboxylic acids is 1. The van der Waals surface area contributed by atoms with Gasteiger partial charge < -0.3 is 15.0 Å². The van der Waals surface area contributed by atoms with Gasteiger partial charge in [0.05, 0.1) is 13.7 Å². The number of anilines is 1. The Kier molecular flexibility index (Phi) is 5.30. The van der Waals surface area contributed by atoms with Crippen LogP contribution in [-0.4, -0.2) is 47.1 Å². The number of ether oxygens (including phenoxy) is 1. The maximum absolute atomic E-state index is 12.4. The lowest BCUT2D eigenvalue weighted by molar-refractivity contribution is -0.121. The predicted molar refractivity (Wildman–Crippen MR) is 105 cm³/mol. The van der Waals surface area contributed by atoms with Crippen molar-refractivity contribution in [2.75, 3.05) is 25.6 Å². The molecule has 1 N–H and O–H groups in total. The second-order valence-corrected chi connectivity index (χ2v) is 7.88. The second kappa shape index (κ2) is 7.50. The number of pyridine rings is 1. The van der Waals surface area contributed by atoms with Crippen molar-refractivity contribution in [2.24, 2.45) is 0 Å². The summed E-state index contributed by atoms with van der Waals surface area (Å²) in [6.07, 6.45) is 4.59. The fraction of sp³-hybridized carbons (Fsp3) is 0.500. The molecule has 0 saturated heterocycles. The van der Waals surface area contributed by atoms with Crippen LogP contribution in [0.3, 0.4) is 0 Å². The van der Waals surface area contributed by atoms with Gasteiger partial charge in [0.15, 0.2) is 5.82 Å². The summed E-state index contributed by atoms with van der Waals surface area (Å²) in [7, 11) is 3.52. The van der Waals surface area contributed by atoms with Crippen LogP contribution in [0.4, 0.5) is 5.82 Å². The zero-order valence-corrected chi connectivity index (χ0v) is 16.7. The molecule has 2 aromatic heterocycles. The number of nitrogens with zero attached hydrogens (tertiary/aromatic N) is 4. The van der Waals surface area contributed by atoms with E-state index >= 15 is 0 Å². The molecule has 27 heavy (non-hydrogen) atoms. The molecule has 0 saturated carbocycles. The number of nitrogens with one attached hydrogen (secondary N) is 1. The van der Waals surface area contributed by atoms with Gasteiger partial charge in [-0.3, -0.25) is 9.78 Å². The third kappa shape index (κ3) is 4.53. The van der Waals surface area contributed by atoms with Crippen LogP contribution < -0.4 is 15.0 Å². The van der Waals surface area contributed by atoms with E-state index in [-0.39, 0.29) is 18.0 Å². The molecular weight excluding hydrogens is 342 g/mol. The smallest absolute Gasteiger partial charge is 0.239 e. The van der Waals surface area contributed by atoms with Gasteiger partial charge in [-0.2, -0.15) is 0 Å².